The minimum atomic E-state index is -0.207. The molecule has 3 aromatic rings. The number of carbonyl (C=O) groups is 1. The first-order chi connectivity index (χ1) is 12.0. The minimum Gasteiger partial charge on any atom is -0.355 e. The molecule has 0 bridgehead atoms. The van der Waals surface area contributed by atoms with Crippen molar-refractivity contribution in [3.05, 3.63) is 78.0 Å². The van der Waals surface area contributed by atoms with Crippen LogP contribution in [0.4, 0.5) is 0 Å². The summed E-state index contributed by atoms with van der Waals surface area (Å²) in [6.07, 6.45) is 1.47. The minimum absolute atomic E-state index is 0.0686. The topological polar surface area (TPSA) is 55.1 Å². The van der Waals surface area contributed by atoms with Crippen molar-refractivity contribution in [2.45, 2.75) is 32.2 Å². The van der Waals surface area contributed by atoms with E-state index in [4.69, 9.17) is 4.52 Å². The van der Waals surface area contributed by atoms with Gasteiger partial charge in [0.25, 0.3) is 5.91 Å². The molecule has 4 heteroatoms. The van der Waals surface area contributed by atoms with Gasteiger partial charge in [-0.05, 0) is 12.5 Å². The van der Waals surface area contributed by atoms with E-state index in [-0.39, 0.29) is 17.4 Å². The van der Waals surface area contributed by atoms with Crippen molar-refractivity contribution in [1.29, 1.82) is 0 Å². The first kappa shape index (κ1) is 17.0. The standard InChI is InChI=1S/C21H22N2O2/c1-15(21(2,3)17-12-8-5-9-13-17)23-20(24)18-14-22-25-19(18)16-10-6-4-7-11-16/h4-15H,1-3H3,(H,23,24)/t15-/m0/s1. The molecule has 25 heavy (non-hydrogen) atoms. The van der Waals surface area contributed by atoms with Crippen molar-refractivity contribution in [2.75, 3.05) is 0 Å². The molecule has 1 heterocycles. The maximum absolute atomic E-state index is 12.8. The van der Waals surface area contributed by atoms with Crippen LogP contribution in [0.1, 0.15) is 36.7 Å². The second-order valence-electron chi connectivity index (χ2n) is 6.72. The van der Waals surface area contributed by atoms with Crippen molar-refractivity contribution >= 4 is 5.91 Å². The van der Waals surface area contributed by atoms with Crippen LogP contribution in [0.25, 0.3) is 11.3 Å². The molecule has 0 fully saturated rings. The first-order valence-corrected chi connectivity index (χ1v) is 8.36. The van der Waals surface area contributed by atoms with E-state index in [2.05, 4.69) is 36.5 Å². The van der Waals surface area contributed by atoms with Gasteiger partial charge < -0.3 is 9.84 Å². The summed E-state index contributed by atoms with van der Waals surface area (Å²) in [5, 5.41) is 6.90. The highest BCUT2D eigenvalue weighted by atomic mass is 16.5. The zero-order valence-corrected chi connectivity index (χ0v) is 14.7. The molecule has 0 aliphatic rings. The molecule has 0 aliphatic carbocycles. The third-order valence-electron chi connectivity index (χ3n) is 4.80. The number of carbonyl (C=O) groups excluding carboxylic acids is 1. The molecule has 1 amide bonds. The SMILES string of the molecule is C[C@H](NC(=O)c1cnoc1-c1ccccc1)C(C)(C)c1ccccc1. The molecule has 2 aromatic carbocycles. The van der Waals surface area contributed by atoms with E-state index >= 15 is 0 Å². The molecule has 0 aliphatic heterocycles. The van der Waals surface area contributed by atoms with Crippen molar-refractivity contribution in [2.24, 2.45) is 0 Å². The third-order valence-corrected chi connectivity index (χ3v) is 4.80. The van der Waals surface area contributed by atoms with E-state index in [1.807, 2.05) is 55.5 Å². The number of benzene rings is 2. The predicted molar refractivity (Wildman–Crippen MR) is 98.3 cm³/mol. The van der Waals surface area contributed by atoms with E-state index < -0.39 is 0 Å². The zero-order valence-electron chi connectivity index (χ0n) is 14.7. The molecule has 4 nitrogen and oxygen atoms in total. The largest absolute Gasteiger partial charge is 0.355 e. The van der Waals surface area contributed by atoms with E-state index in [1.165, 1.54) is 11.8 Å². The smallest absolute Gasteiger partial charge is 0.257 e. The van der Waals surface area contributed by atoms with Gasteiger partial charge in [-0.1, -0.05) is 79.7 Å². The van der Waals surface area contributed by atoms with Gasteiger partial charge in [-0.25, -0.2) is 0 Å². The number of hydrogen-bond acceptors (Lipinski definition) is 3. The summed E-state index contributed by atoms with van der Waals surface area (Å²) in [6, 6.07) is 19.6. The fourth-order valence-corrected chi connectivity index (χ4v) is 2.77. The van der Waals surface area contributed by atoms with Crippen LogP contribution in [0.2, 0.25) is 0 Å². The van der Waals surface area contributed by atoms with E-state index in [0.717, 1.165) is 5.56 Å². The molecule has 0 radical (unpaired) electrons. The maximum atomic E-state index is 12.8. The van der Waals surface area contributed by atoms with Crippen LogP contribution < -0.4 is 5.32 Å². The Morgan fingerprint density at radius 3 is 2.28 bits per heavy atom. The molecule has 1 N–H and O–H groups in total. The van der Waals surface area contributed by atoms with Crippen LogP contribution in [-0.2, 0) is 5.41 Å². The van der Waals surface area contributed by atoms with Gasteiger partial charge >= 0.3 is 0 Å². The Bertz CT molecular complexity index is 839. The van der Waals surface area contributed by atoms with Gasteiger partial charge in [0.05, 0.1) is 6.20 Å². The van der Waals surface area contributed by atoms with Crippen LogP contribution in [0.3, 0.4) is 0 Å². The quantitative estimate of drug-likeness (QED) is 0.750. The van der Waals surface area contributed by atoms with Gasteiger partial charge in [0.1, 0.15) is 5.56 Å². The molecule has 1 aromatic heterocycles. The zero-order chi connectivity index (χ0) is 17.9. The number of amides is 1. The van der Waals surface area contributed by atoms with E-state index in [9.17, 15) is 4.79 Å². The summed E-state index contributed by atoms with van der Waals surface area (Å²) in [5.41, 5.74) is 2.25. The highest BCUT2D eigenvalue weighted by Crippen LogP contribution is 2.28. The fourth-order valence-electron chi connectivity index (χ4n) is 2.77. The molecule has 0 saturated heterocycles. The lowest BCUT2D eigenvalue weighted by atomic mass is 9.78. The van der Waals surface area contributed by atoms with Gasteiger partial charge in [0.15, 0.2) is 5.76 Å². The van der Waals surface area contributed by atoms with Crippen molar-refractivity contribution < 1.29 is 9.32 Å². The second-order valence-corrected chi connectivity index (χ2v) is 6.72. The number of rotatable bonds is 5. The Labute approximate surface area is 147 Å². The molecule has 1 atom stereocenters. The van der Waals surface area contributed by atoms with Crippen LogP contribution in [0.5, 0.6) is 0 Å². The maximum Gasteiger partial charge on any atom is 0.257 e. The molecular weight excluding hydrogens is 312 g/mol. The summed E-state index contributed by atoms with van der Waals surface area (Å²) in [4.78, 5) is 12.8. The van der Waals surface area contributed by atoms with Crippen molar-refractivity contribution in [1.82, 2.24) is 10.5 Å². The Hall–Kier alpha value is -2.88. The van der Waals surface area contributed by atoms with Crippen molar-refractivity contribution in [3.8, 4) is 11.3 Å². The molecular formula is C21H22N2O2. The molecule has 128 valence electrons. The Kier molecular flexibility index (Phi) is 4.70. The second kappa shape index (κ2) is 6.93. The molecule has 3 rings (SSSR count). The lowest BCUT2D eigenvalue weighted by Gasteiger charge is -2.33. The van der Waals surface area contributed by atoms with Gasteiger partial charge in [0.2, 0.25) is 0 Å². The summed E-state index contributed by atoms with van der Waals surface area (Å²) < 4.78 is 5.31. The average Bonchev–Trinajstić information content (AvgIpc) is 3.13. The van der Waals surface area contributed by atoms with Crippen LogP contribution in [0, 0.1) is 0 Å². The lowest BCUT2D eigenvalue weighted by Crippen LogP contribution is -2.45. The van der Waals surface area contributed by atoms with Crippen LogP contribution in [0.15, 0.2) is 71.4 Å². The Morgan fingerprint density at radius 1 is 1.04 bits per heavy atom. The molecule has 0 saturated carbocycles. The van der Waals surface area contributed by atoms with E-state index in [0.29, 0.717) is 11.3 Å². The van der Waals surface area contributed by atoms with Crippen LogP contribution in [-0.4, -0.2) is 17.1 Å². The molecule has 0 unspecified atom stereocenters. The lowest BCUT2D eigenvalue weighted by molar-refractivity contribution is 0.0924. The summed E-state index contributed by atoms with van der Waals surface area (Å²) >= 11 is 0. The number of nitrogens with one attached hydrogen (secondary N) is 1. The fraction of sp³-hybridized carbons (Fsp3) is 0.238. The van der Waals surface area contributed by atoms with Gasteiger partial charge in [-0.3, -0.25) is 4.79 Å². The van der Waals surface area contributed by atoms with Gasteiger partial charge in [-0.2, -0.15) is 0 Å². The Morgan fingerprint density at radius 2 is 1.64 bits per heavy atom. The van der Waals surface area contributed by atoms with Gasteiger partial charge in [0, 0.05) is 17.0 Å². The first-order valence-electron chi connectivity index (χ1n) is 8.36. The third kappa shape index (κ3) is 3.48. The number of hydrogen-bond donors (Lipinski definition) is 1. The highest BCUT2D eigenvalue weighted by Gasteiger charge is 2.30. The summed E-state index contributed by atoms with van der Waals surface area (Å²) in [7, 11) is 0. The van der Waals surface area contributed by atoms with Gasteiger partial charge in [-0.15, -0.1) is 0 Å². The predicted octanol–water partition coefficient (Wildman–Crippen LogP) is 4.44. The number of nitrogens with zero attached hydrogens (tertiary/aromatic N) is 1. The van der Waals surface area contributed by atoms with Crippen molar-refractivity contribution in [3.63, 3.8) is 0 Å². The molecule has 0 spiro atoms. The summed E-state index contributed by atoms with van der Waals surface area (Å²) in [5.74, 6) is 0.305. The average molecular weight is 334 g/mol. The summed E-state index contributed by atoms with van der Waals surface area (Å²) in [6.45, 7) is 6.26. The highest BCUT2D eigenvalue weighted by molar-refractivity contribution is 5.99. The van der Waals surface area contributed by atoms with E-state index in [1.54, 1.807) is 0 Å². The normalized spacial score (nSPS) is 12.6. The van der Waals surface area contributed by atoms with Crippen LogP contribution >= 0.6 is 0 Å². The monoisotopic (exact) mass is 334 g/mol. The number of aromatic nitrogens is 1. The Balaban J connectivity index is 1.81.